The number of halogens is 1. The maximum Gasteiger partial charge on any atom is 0.409 e. The van der Waals surface area contributed by atoms with Crippen molar-refractivity contribution in [2.24, 2.45) is 11.3 Å². The zero-order chi connectivity index (χ0) is 30.0. The lowest BCUT2D eigenvalue weighted by atomic mass is 9.72. The van der Waals surface area contributed by atoms with Gasteiger partial charge < -0.3 is 29.7 Å². The van der Waals surface area contributed by atoms with Crippen LogP contribution in [0.3, 0.4) is 0 Å². The predicted octanol–water partition coefficient (Wildman–Crippen LogP) is 4.14. The van der Waals surface area contributed by atoms with Crippen LogP contribution in [0.15, 0.2) is 78.9 Å². The highest BCUT2D eigenvalue weighted by Crippen LogP contribution is 2.45. The molecule has 0 saturated carbocycles. The van der Waals surface area contributed by atoms with Gasteiger partial charge in [-0.25, -0.2) is 9.59 Å². The second-order valence-electron chi connectivity index (χ2n) is 11.7. The van der Waals surface area contributed by atoms with Crippen molar-refractivity contribution in [3.63, 3.8) is 0 Å². The number of hydrogen-bond donors (Lipinski definition) is 2. The van der Waals surface area contributed by atoms with Gasteiger partial charge in [0.25, 0.3) is 0 Å². The molecule has 3 aliphatic rings. The fourth-order valence-corrected chi connectivity index (χ4v) is 6.61. The highest BCUT2D eigenvalue weighted by atomic mass is 35.5. The molecule has 3 aromatic rings. The molecule has 3 aromatic carbocycles. The standard InChI is InChI=1S/C34H37N3O6.ClH/c1-22(42-17-23-10-4-3-5-11-23)30(32(39)41-2)36-31(38)29-16-37(21-34(29)19-35-20-34)33(40)43-18-28-26-14-8-6-12-24(26)25-13-7-9-15-27(25)28;/h3-15,22,28-30,35H,16-21H2,1-2H3,(H,36,38);1H/t22-,29?,30+;/m1./s1. The summed E-state index contributed by atoms with van der Waals surface area (Å²) in [7, 11) is 1.29. The van der Waals surface area contributed by atoms with E-state index in [1.807, 2.05) is 54.6 Å². The molecule has 1 spiro atoms. The Labute approximate surface area is 263 Å². The van der Waals surface area contributed by atoms with Crippen LogP contribution in [0.25, 0.3) is 11.1 Å². The Morgan fingerprint density at radius 1 is 0.955 bits per heavy atom. The lowest BCUT2D eigenvalue weighted by Gasteiger charge is -2.42. The van der Waals surface area contributed by atoms with Crippen molar-refractivity contribution in [1.29, 1.82) is 0 Å². The highest BCUT2D eigenvalue weighted by molar-refractivity contribution is 5.88. The second-order valence-corrected chi connectivity index (χ2v) is 11.7. The Kier molecular flexibility index (Phi) is 9.58. The number of esters is 1. The van der Waals surface area contributed by atoms with Crippen LogP contribution in [0.2, 0.25) is 0 Å². The Morgan fingerprint density at radius 2 is 1.57 bits per heavy atom. The first-order chi connectivity index (χ1) is 20.9. The maximum absolute atomic E-state index is 13.7. The van der Waals surface area contributed by atoms with Gasteiger partial charge in [-0.2, -0.15) is 0 Å². The molecule has 2 aliphatic heterocycles. The van der Waals surface area contributed by atoms with Crippen molar-refractivity contribution in [2.45, 2.75) is 31.6 Å². The summed E-state index contributed by atoms with van der Waals surface area (Å²) in [4.78, 5) is 41.4. The minimum Gasteiger partial charge on any atom is -0.467 e. The van der Waals surface area contributed by atoms with Crippen LogP contribution in [0.4, 0.5) is 4.79 Å². The number of carbonyl (C=O) groups excluding carboxylic acids is 3. The SMILES string of the molecule is COC(=O)[C@@H](NC(=O)C1CN(C(=O)OCC2c3ccccc3-c3ccccc32)CC12CNC2)[C@@H](C)OCc1ccccc1.Cl. The Balaban J connectivity index is 0.00000384. The van der Waals surface area contributed by atoms with Gasteiger partial charge >= 0.3 is 12.1 Å². The van der Waals surface area contributed by atoms with Crippen LogP contribution in [0.5, 0.6) is 0 Å². The third kappa shape index (κ3) is 6.04. The van der Waals surface area contributed by atoms with E-state index in [2.05, 4.69) is 34.9 Å². The van der Waals surface area contributed by atoms with Crippen LogP contribution in [0, 0.1) is 11.3 Å². The molecule has 2 saturated heterocycles. The maximum atomic E-state index is 13.7. The van der Waals surface area contributed by atoms with Crippen molar-refractivity contribution in [3.8, 4) is 11.1 Å². The molecule has 232 valence electrons. The number of ether oxygens (including phenoxy) is 3. The van der Waals surface area contributed by atoms with E-state index >= 15 is 0 Å². The van der Waals surface area contributed by atoms with Crippen LogP contribution >= 0.6 is 12.4 Å². The number of nitrogens with zero attached hydrogens (tertiary/aromatic N) is 1. The Hall–Kier alpha value is -3.92. The number of amides is 2. The van der Waals surface area contributed by atoms with Crippen molar-refractivity contribution >= 4 is 30.4 Å². The van der Waals surface area contributed by atoms with Crippen molar-refractivity contribution in [2.75, 3.05) is 39.9 Å². The second kappa shape index (κ2) is 13.4. The average molecular weight is 620 g/mol. The third-order valence-corrected chi connectivity index (χ3v) is 9.09. The summed E-state index contributed by atoms with van der Waals surface area (Å²) < 4.78 is 16.9. The highest BCUT2D eigenvalue weighted by Gasteiger charge is 2.55. The summed E-state index contributed by atoms with van der Waals surface area (Å²) >= 11 is 0. The number of methoxy groups -OCH3 is 1. The number of carbonyl (C=O) groups is 3. The van der Waals surface area contributed by atoms with E-state index in [1.54, 1.807) is 11.8 Å². The van der Waals surface area contributed by atoms with E-state index in [4.69, 9.17) is 14.2 Å². The molecular weight excluding hydrogens is 582 g/mol. The van der Waals surface area contributed by atoms with Crippen molar-refractivity contribution in [3.05, 3.63) is 95.6 Å². The quantitative estimate of drug-likeness (QED) is 0.347. The van der Waals surface area contributed by atoms with Gasteiger partial charge in [0.1, 0.15) is 6.61 Å². The van der Waals surface area contributed by atoms with Gasteiger partial charge in [0, 0.05) is 37.5 Å². The smallest absolute Gasteiger partial charge is 0.409 e. The molecule has 44 heavy (non-hydrogen) atoms. The molecule has 0 bridgehead atoms. The van der Waals surface area contributed by atoms with E-state index in [-0.39, 0.29) is 44.0 Å². The first-order valence-corrected chi connectivity index (χ1v) is 14.7. The number of rotatable bonds is 9. The molecule has 2 amide bonds. The van der Waals surface area contributed by atoms with E-state index in [0.29, 0.717) is 19.6 Å². The van der Waals surface area contributed by atoms with Gasteiger partial charge in [-0.1, -0.05) is 78.9 Å². The average Bonchev–Trinajstić information content (AvgIpc) is 3.59. The molecule has 0 aromatic heterocycles. The lowest BCUT2D eigenvalue weighted by Crippen LogP contribution is -2.62. The van der Waals surface area contributed by atoms with Gasteiger partial charge in [0.2, 0.25) is 5.91 Å². The lowest BCUT2D eigenvalue weighted by molar-refractivity contribution is -0.151. The molecule has 2 heterocycles. The molecular formula is C34H38ClN3O6. The summed E-state index contributed by atoms with van der Waals surface area (Å²) in [6, 6.07) is 25.0. The molecule has 6 rings (SSSR count). The van der Waals surface area contributed by atoms with E-state index in [9.17, 15) is 14.4 Å². The fraction of sp³-hybridized carbons (Fsp3) is 0.382. The van der Waals surface area contributed by atoms with Crippen molar-refractivity contribution in [1.82, 2.24) is 15.5 Å². The van der Waals surface area contributed by atoms with E-state index < -0.39 is 35.5 Å². The van der Waals surface area contributed by atoms with Gasteiger partial charge in [0.05, 0.1) is 25.7 Å². The first kappa shape index (κ1) is 31.5. The van der Waals surface area contributed by atoms with Crippen LogP contribution in [-0.4, -0.2) is 74.9 Å². The normalized spacial score (nSPS) is 19.1. The minimum absolute atomic E-state index is 0. The Bertz CT molecular complexity index is 1450. The Morgan fingerprint density at radius 3 is 2.16 bits per heavy atom. The minimum atomic E-state index is -0.991. The van der Waals surface area contributed by atoms with Crippen molar-refractivity contribution < 1.29 is 28.6 Å². The van der Waals surface area contributed by atoms with Crippen LogP contribution in [-0.2, 0) is 30.4 Å². The first-order valence-electron chi connectivity index (χ1n) is 14.7. The zero-order valence-corrected chi connectivity index (χ0v) is 25.7. The number of likely N-dealkylation sites (tertiary alicyclic amines) is 1. The summed E-state index contributed by atoms with van der Waals surface area (Å²) in [5.41, 5.74) is 5.15. The van der Waals surface area contributed by atoms with Crippen LogP contribution in [0.1, 0.15) is 29.5 Å². The predicted molar refractivity (Wildman–Crippen MR) is 167 cm³/mol. The molecule has 1 unspecified atom stereocenters. The van der Waals surface area contributed by atoms with E-state index in [1.165, 1.54) is 18.2 Å². The zero-order valence-electron chi connectivity index (χ0n) is 24.9. The molecule has 9 nitrogen and oxygen atoms in total. The number of hydrogen-bond acceptors (Lipinski definition) is 7. The topological polar surface area (TPSA) is 106 Å². The summed E-state index contributed by atoms with van der Waals surface area (Å²) in [6.45, 7) is 4.05. The summed E-state index contributed by atoms with van der Waals surface area (Å²) in [5.74, 6) is -1.44. The fourth-order valence-electron chi connectivity index (χ4n) is 6.61. The number of benzene rings is 3. The molecule has 0 radical (unpaired) electrons. The molecule has 10 heteroatoms. The molecule has 2 N–H and O–H groups in total. The molecule has 3 atom stereocenters. The van der Waals surface area contributed by atoms with E-state index in [0.717, 1.165) is 16.7 Å². The number of nitrogens with one attached hydrogen (secondary N) is 2. The van der Waals surface area contributed by atoms with Gasteiger partial charge in [-0.05, 0) is 34.7 Å². The molecule has 1 aliphatic carbocycles. The van der Waals surface area contributed by atoms with Gasteiger partial charge in [-0.15, -0.1) is 12.4 Å². The summed E-state index contributed by atoms with van der Waals surface area (Å²) in [5, 5.41) is 6.14. The monoisotopic (exact) mass is 619 g/mol. The third-order valence-electron chi connectivity index (χ3n) is 9.09. The van der Waals surface area contributed by atoms with Gasteiger partial charge in [0.15, 0.2) is 6.04 Å². The molecule has 2 fully saturated rings. The summed E-state index contributed by atoms with van der Waals surface area (Å²) in [6.07, 6.45) is -1.07. The van der Waals surface area contributed by atoms with Crippen LogP contribution < -0.4 is 10.6 Å². The largest absolute Gasteiger partial charge is 0.467 e. The van der Waals surface area contributed by atoms with Gasteiger partial charge in [-0.3, -0.25) is 4.79 Å². The number of fused-ring (bicyclic) bond motifs is 3.